The molecular formula is C20H25N3O3S. The predicted molar refractivity (Wildman–Crippen MR) is 105 cm³/mol. The smallest absolute Gasteiger partial charge is 0.251 e. The van der Waals surface area contributed by atoms with Crippen molar-refractivity contribution in [2.24, 2.45) is 5.73 Å². The van der Waals surface area contributed by atoms with Crippen LogP contribution in [0.5, 0.6) is 0 Å². The third kappa shape index (κ3) is 4.55. The quantitative estimate of drug-likeness (QED) is 0.821. The molecular weight excluding hydrogens is 362 g/mol. The molecule has 2 aromatic carbocycles. The highest BCUT2D eigenvalue weighted by Crippen LogP contribution is 2.21. The molecule has 0 aromatic heterocycles. The van der Waals surface area contributed by atoms with Gasteiger partial charge >= 0.3 is 0 Å². The molecule has 3 rings (SSSR count). The average molecular weight is 388 g/mol. The van der Waals surface area contributed by atoms with Crippen LogP contribution in [0.15, 0.2) is 53.4 Å². The number of nitrogens with zero attached hydrogens (tertiary/aromatic N) is 1. The lowest BCUT2D eigenvalue weighted by Gasteiger charge is -2.31. The summed E-state index contributed by atoms with van der Waals surface area (Å²) in [6.45, 7) is 3.16. The van der Waals surface area contributed by atoms with Crippen molar-refractivity contribution >= 4 is 15.9 Å². The second-order valence-corrected chi connectivity index (χ2v) is 8.80. The van der Waals surface area contributed by atoms with E-state index in [9.17, 15) is 13.2 Å². The molecule has 2 aromatic rings. The van der Waals surface area contributed by atoms with Gasteiger partial charge in [-0.15, -0.1) is 0 Å². The molecule has 3 N–H and O–H groups in total. The lowest BCUT2D eigenvalue weighted by Crippen LogP contribution is -2.46. The van der Waals surface area contributed by atoms with E-state index < -0.39 is 10.0 Å². The molecule has 1 aliphatic rings. The Labute approximate surface area is 160 Å². The summed E-state index contributed by atoms with van der Waals surface area (Å²) in [4.78, 5) is 12.7. The normalized spacial score (nSPS) is 16.2. The van der Waals surface area contributed by atoms with Crippen molar-refractivity contribution in [2.75, 3.05) is 13.1 Å². The summed E-state index contributed by atoms with van der Waals surface area (Å²) in [5.74, 6) is -0.140. The fraction of sp³-hybridized carbons (Fsp3) is 0.350. The largest absolute Gasteiger partial charge is 0.349 e. The topological polar surface area (TPSA) is 92.5 Å². The highest BCUT2D eigenvalue weighted by molar-refractivity contribution is 7.89. The van der Waals surface area contributed by atoms with Crippen molar-refractivity contribution < 1.29 is 13.2 Å². The zero-order valence-corrected chi connectivity index (χ0v) is 16.2. The number of nitrogens with one attached hydrogen (secondary N) is 1. The molecule has 1 heterocycles. The maximum absolute atomic E-state index is 12.7. The van der Waals surface area contributed by atoms with Crippen LogP contribution in [0, 0.1) is 6.92 Å². The minimum Gasteiger partial charge on any atom is -0.349 e. The summed E-state index contributed by atoms with van der Waals surface area (Å²) in [5.41, 5.74) is 8.15. The van der Waals surface area contributed by atoms with E-state index >= 15 is 0 Å². The van der Waals surface area contributed by atoms with Crippen LogP contribution in [0.1, 0.15) is 34.3 Å². The maximum atomic E-state index is 12.7. The van der Waals surface area contributed by atoms with Gasteiger partial charge in [-0.2, -0.15) is 4.31 Å². The first-order valence-electron chi connectivity index (χ1n) is 9.07. The van der Waals surface area contributed by atoms with Gasteiger partial charge in [0.05, 0.1) is 4.90 Å². The highest BCUT2D eigenvalue weighted by atomic mass is 32.2. The second-order valence-electron chi connectivity index (χ2n) is 6.87. The van der Waals surface area contributed by atoms with Gasteiger partial charge in [0.25, 0.3) is 5.91 Å². The number of hydrogen-bond acceptors (Lipinski definition) is 4. The van der Waals surface area contributed by atoms with E-state index in [4.69, 9.17) is 5.73 Å². The molecule has 1 aliphatic heterocycles. The monoisotopic (exact) mass is 387 g/mol. The average Bonchev–Trinajstić information content (AvgIpc) is 2.69. The van der Waals surface area contributed by atoms with Gasteiger partial charge in [-0.25, -0.2) is 8.42 Å². The zero-order chi connectivity index (χ0) is 19.4. The van der Waals surface area contributed by atoms with Crippen molar-refractivity contribution in [1.82, 2.24) is 9.62 Å². The van der Waals surface area contributed by atoms with Crippen molar-refractivity contribution in [1.29, 1.82) is 0 Å². The van der Waals surface area contributed by atoms with Crippen molar-refractivity contribution in [3.8, 4) is 0 Å². The fourth-order valence-electron chi connectivity index (χ4n) is 3.16. The molecule has 0 radical (unpaired) electrons. The standard InChI is InChI=1S/C20H25N3O3S/c1-15-2-8-19(9-3-15)27(25,26)23-12-10-18(11-13-23)22-20(24)17-6-4-16(14-21)5-7-17/h2-9,18H,10-14,21H2,1H3,(H,22,24). The molecule has 0 unspecified atom stereocenters. The van der Waals surface area contributed by atoms with Crippen LogP contribution < -0.4 is 11.1 Å². The Hall–Kier alpha value is -2.22. The molecule has 0 saturated carbocycles. The molecule has 27 heavy (non-hydrogen) atoms. The first kappa shape index (κ1) is 19.5. The van der Waals surface area contributed by atoms with Crippen LogP contribution in [-0.4, -0.2) is 37.8 Å². The van der Waals surface area contributed by atoms with E-state index in [1.54, 1.807) is 36.4 Å². The molecule has 6 nitrogen and oxygen atoms in total. The van der Waals surface area contributed by atoms with Gasteiger partial charge in [0, 0.05) is 31.2 Å². The number of benzene rings is 2. The third-order valence-electron chi connectivity index (χ3n) is 4.90. The summed E-state index contributed by atoms with van der Waals surface area (Å²) >= 11 is 0. The molecule has 144 valence electrons. The van der Waals surface area contributed by atoms with E-state index in [1.807, 2.05) is 19.1 Å². The summed E-state index contributed by atoms with van der Waals surface area (Å²) in [6.07, 6.45) is 1.19. The van der Waals surface area contributed by atoms with E-state index in [2.05, 4.69) is 5.32 Å². The van der Waals surface area contributed by atoms with Crippen LogP contribution in [-0.2, 0) is 16.6 Å². The fourth-order valence-corrected chi connectivity index (χ4v) is 4.63. The number of carbonyl (C=O) groups excluding carboxylic acids is 1. The lowest BCUT2D eigenvalue weighted by molar-refractivity contribution is 0.0924. The summed E-state index contributed by atoms with van der Waals surface area (Å²) in [6, 6.07) is 14.1. The molecule has 7 heteroatoms. The van der Waals surface area contributed by atoms with Gasteiger partial charge in [0.2, 0.25) is 10.0 Å². The minimum atomic E-state index is -3.48. The van der Waals surface area contributed by atoms with Gasteiger partial charge in [-0.05, 0) is 49.6 Å². The number of sulfonamides is 1. The van der Waals surface area contributed by atoms with E-state index in [0.717, 1.165) is 11.1 Å². The molecule has 0 atom stereocenters. The Balaban J connectivity index is 1.58. The zero-order valence-electron chi connectivity index (χ0n) is 15.4. The SMILES string of the molecule is Cc1ccc(S(=O)(=O)N2CCC(NC(=O)c3ccc(CN)cc3)CC2)cc1. The Kier molecular flexibility index (Phi) is 5.94. The van der Waals surface area contributed by atoms with Crippen LogP contribution in [0.3, 0.4) is 0 Å². The summed E-state index contributed by atoms with van der Waals surface area (Å²) in [5, 5.41) is 3.00. The van der Waals surface area contributed by atoms with Crippen molar-refractivity contribution in [3.05, 3.63) is 65.2 Å². The Morgan fingerprint density at radius 2 is 1.67 bits per heavy atom. The van der Waals surface area contributed by atoms with Gasteiger partial charge in [0.1, 0.15) is 0 Å². The van der Waals surface area contributed by atoms with E-state index in [-0.39, 0.29) is 11.9 Å². The summed E-state index contributed by atoms with van der Waals surface area (Å²) < 4.78 is 27.0. The molecule has 1 amide bonds. The van der Waals surface area contributed by atoms with Gasteiger partial charge in [-0.1, -0.05) is 29.8 Å². The van der Waals surface area contributed by atoms with E-state index in [0.29, 0.717) is 42.9 Å². The van der Waals surface area contributed by atoms with Gasteiger partial charge in [0.15, 0.2) is 0 Å². The molecule has 1 fully saturated rings. The number of nitrogens with two attached hydrogens (primary N) is 1. The molecule has 0 bridgehead atoms. The van der Waals surface area contributed by atoms with Crippen LogP contribution in [0.25, 0.3) is 0 Å². The van der Waals surface area contributed by atoms with Gasteiger partial charge < -0.3 is 11.1 Å². The number of rotatable bonds is 5. The first-order valence-corrected chi connectivity index (χ1v) is 10.5. The van der Waals surface area contributed by atoms with E-state index in [1.165, 1.54) is 4.31 Å². The van der Waals surface area contributed by atoms with Crippen LogP contribution in [0.4, 0.5) is 0 Å². The Morgan fingerprint density at radius 3 is 2.22 bits per heavy atom. The van der Waals surface area contributed by atoms with Crippen LogP contribution in [0.2, 0.25) is 0 Å². The third-order valence-corrected chi connectivity index (χ3v) is 6.81. The number of carbonyl (C=O) groups is 1. The van der Waals surface area contributed by atoms with Crippen LogP contribution >= 0.6 is 0 Å². The summed E-state index contributed by atoms with van der Waals surface area (Å²) in [7, 11) is -3.48. The molecule has 0 aliphatic carbocycles. The molecule has 1 saturated heterocycles. The Bertz CT molecular complexity index is 885. The minimum absolute atomic E-state index is 0.0313. The number of hydrogen-bond donors (Lipinski definition) is 2. The Morgan fingerprint density at radius 1 is 1.07 bits per heavy atom. The highest BCUT2D eigenvalue weighted by Gasteiger charge is 2.30. The van der Waals surface area contributed by atoms with Crippen molar-refractivity contribution in [3.63, 3.8) is 0 Å². The number of aryl methyl sites for hydroxylation is 1. The molecule has 0 spiro atoms. The number of piperidine rings is 1. The predicted octanol–water partition coefficient (Wildman–Crippen LogP) is 2.04. The first-order chi connectivity index (χ1) is 12.9. The van der Waals surface area contributed by atoms with Crippen molar-refractivity contribution in [2.45, 2.75) is 37.2 Å². The second kappa shape index (κ2) is 8.21. The number of amides is 1. The maximum Gasteiger partial charge on any atom is 0.251 e. The van der Waals surface area contributed by atoms with Gasteiger partial charge in [-0.3, -0.25) is 4.79 Å². The lowest BCUT2D eigenvalue weighted by atomic mass is 10.1.